The number of benzene rings is 1. The van der Waals surface area contributed by atoms with Gasteiger partial charge < -0.3 is 19.4 Å². The first-order valence-corrected chi connectivity index (χ1v) is 12.1. The van der Waals surface area contributed by atoms with E-state index in [2.05, 4.69) is 10.2 Å². The van der Waals surface area contributed by atoms with Crippen molar-refractivity contribution in [1.29, 1.82) is 0 Å². The first-order valence-electron chi connectivity index (χ1n) is 10.7. The Morgan fingerprint density at radius 2 is 1.74 bits per heavy atom. The Hall–Kier alpha value is -2.52. The van der Waals surface area contributed by atoms with Crippen molar-refractivity contribution in [1.82, 2.24) is 9.62 Å². The minimum absolute atomic E-state index is 0.0195. The zero-order chi connectivity index (χ0) is 22.0. The zero-order valence-corrected chi connectivity index (χ0v) is 18.8. The Kier molecular flexibility index (Phi) is 6.24. The summed E-state index contributed by atoms with van der Waals surface area (Å²) < 4.78 is 37.8. The highest BCUT2D eigenvalue weighted by Crippen LogP contribution is 2.27. The number of aryl methyl sites for hydroxylation is 1. The number of anilines is 1. The molecule has 8 nitrogen and oxygen atoms in total. The van der Waals surface area contributed by atoms with Crippen LogP contribution >= 0.6 is 0 Å². The van der Waals surface area contributed by atoms with Crippen LogP contribution in [0.15, 0.2) is 39.6 Å². The van der Waals surface area contributed by atoms with Crippen LogP contribution in [0.3, 0.4) is 0 Å². The average Bonchev–Trinajstić information content (AvgIpc) is 3.45. The van der Waals surface area contributed by atoms with Crippen LogP contribution in [0.2, 0.25) is 0 Å². The smallest absolute Gasteiger partial charge is 0.287 e. The fraction of sp³-hybridized carbons (Fsp3) is 0.500. The lowest BCUT2D eigenvalue weighted by Gasteiger charge is -2.33. The van der Waals surface area contributed by atoms with Gasteiger partial charge in [0, 0.05) is 44.0 Å². The van der Waals surface area contributed by atoms with Crippen LogP contribution in [0.4, 0.5) is 5.69 Å². The van der Waals surface area contributed by atoms with Gasteiger partial charge in [-0.3, -0.25) is 4.79 Å². The number of methoxy groups -OCH3 is 1. The molecule has 0 unspecified atom stereocenters. The average molecular weight is 448 g/mol. The quantitative estimate of drug-likeness (QED) is 0.732. The number of sulfonamides is 1. The van der Waals surface area contributed by atoms with Crippen molar-refractivity contribution in [2.75, 3.05) is 38.2 Å². The molecule has 2 aliphatic rings. The lowest BCUT2D eigenvalue weighted by Crippen LogP contribution is -2.44. The summed E-state index contributed by atoms with van der Waals surface area (Å²) in [5.41, 5.74) is 1.13. The SMILES string of the molecule is COc1ccc(N2CCC(NC(=O)c3cc(S(=O)(=O)N4CCCC4)c(C)o3)CC2)cc1. The molecule has 2 aliphatic heterocycles. The predicted molar refractivity (Wildman–Crippen MR) is 117 cm³/mol. The molecule has 2 saturated heterocycles. The van der Waals surface area contributed by atoms with Gasteiger partial charge in [-0.15, -0.1) is 0 Å². The maximum absolute atomic E-state index is 12.8. The van der Waals surface area contributed by atoms with Crippen LogP contribution in [0, 0.1) is 6.92 Å². The van der Waals surface area contributed by atoms with Crippen LogP contribution < -0.4 is 15.0 Å². The highest BCUT2D eigenvalue weighted by molar-refractivity contribution is 7.89. The van der Waals surface area contributed by atoms with Crippen LogP contribution in [-0.4, -0.2) is 58.0 Å². The van der Waals surface area contributed by atoms with Crippen molar-refractivity contribution in [2.45, 2.75) is 43.5 Å². The molecule has 0 aliphatic carbocycles. The molecule has 9 heteroatoms. The van der Waals surface area contributed by atoms with Gasteiger partial charge in [-0.25, -0.2) is 8.42 Å². The number of nitrogens with one attached hydrogen (secondary N) is 1. The number of piperidine rings is 1. The van der Waals surface area contributed by atoms with E-state index < -0.39 is 10.0 Å². The molecule has 4 rings (SSSR count). The highest BCUT2D eigenvalue weighted by atomic mass is 32.2. The molecule has 0 bridgehead atoms. The lowest BCUT2D eigenvalue weighted by atomic mass is 10.0. The molecule has 1 N–H and O–H groups in total. The summed E-state index contributed by atoms with van der Waals surface area (Å²) in [6.07, 6.45) is 3.32. The summed E-state index contributed by atoms with van der Waals surface area (Å²) in [7, 11) is -1.97. The minimum Gasteiger partial charge on any atom is -0.497 e. The van der Waals surface area contributed by atoms with Gasteiger partial charge in [-0.2, -0.15) is 4.31 Å². The van der Waals surface area contributed by atoms with Gasteiger partial charge in [0.25, 0.3) is 5.91 Å². The van der Waals surface area contributed by atoms with Gasteiger partial charge in [0.05, 0.1) is 7.11 Å². The van der Waals surface area contributed by atoms with Crippen molar-refractivity contribution >= 4 is 21.6 Å². The third kappa shape index (κ3) is 4.57. The zero-order valence-electron chi connectivity index (χ0n) is 18.0. The molecule has 0 radical (unpaired) electrons. The normalized spacial score (nSPS) is 18.3. The number of rotatable bonds is 6. The Balaban J connectivity index is 1.36. The van der Waals surface area contributed by atoms with Crippen LogP contribution in [0.1, 0.15) is 42.0 Å². The van der Waals surface area contributed by atoms with Crippen molar-refractivity contribution in [3.63, 3.8) is 0 Å². The summed E-state index contributed by atoms with van der Waals surface area (Å²) in [5.74, 6) is 0.763. The standard InChI is InChI=1S/C22H29N3O5S/c1-16-21(31(27,28)25-11-3-4-12-25)15-20(30-16)22(26)23-17-9-13-24(14-10-17)18-5-7-19(29-2)8-6-18/h5-8,15,17H,3-4,9-14H2,1-2H3,(H,23,26). The molecular formula is C22H29N3O5S. The lowest BCUT2D eigenvalue weighted by molar-refractivity contribution is 0.0901. The number of ether oxygens (including phenoxy) is 1. The van der Waals surface area contributed by atoms with Crippen molar-refractivity contribution < 1.29 is 22.4 Å². The maximum atomic E-state index is 12.8. The van der Waals surface area contributed by atoms with E-state index in [4.69, 9.17) is 9.15 Å². The second kappa shape index (κ2) is 8.92. The van der Waals surface area contributed by atoms with Crippen molar-refractivity contribution in [3.8, 4) is 5.75 Å². The summed E-state index contributed by atoms with van der Waals surface area (Å²) >= 11 is 0. The predicted octanol–water partition coefficient (Wildman–Crippen LogP) is 2.78. The minimum atomic E-state index is -3.61. The molecule has 2 aromatic rings. The van der Waals surface area contributed by atoms with E-state index in [1.54, 1.807) is 14.0 Å². The molecule has 3 heterocycles. The van der Waals surface area contributed by atoms with E-state index in [0.29, 0.717) is 13.1 Å². The molecule has 2 fully saturated rings. The molecular weight excluding hydrogens is 418 g/mol. The molecule has 0 atom stereocenters. The molecule has 1 aromatic carbocycles. The number of hydrogen-bond acceptors (Lipinski definition) is 6. The van der Waals surface area contributed by atoms with Crippen LogP contribution in [0.5, 0.6) is 5.75 Å². The second-order valence-corrected chi connectivity index (χ2v) is 9.98. The summed E-state index contributed by atoms with van der Waals surface area (Å²) in [4.78, 5) is 15.1. The highest BCUT2D eigenvalue weighted by Gasteiger charge is 2.32. The number of hydrogen-bond donors (Lipinski definition) is 1. The van der Waals surface area contributed by atoms with Gasteiger partial charge in [0.15, 0.2) is 5.76 Å². The summed E-state index contributed by atoms with van der Waals surface area (Å²) in [5, 5.41) is 3.00. The number of nitrogens with zero attached hydrogens (tertiary/aromatic N) is 2. The van der Waals surface area contributed by atoms with Crippen molar-refractivity contribution in [3.05, 3.63) is 41.9 Å². The van der Waals surface area contributed by atoms with Crippen LogP contribution in [0.25, 0.3) is 0 Å². The van der Waals surface area contributed by atoms with Gasteiger partial charge in [0.2, 0.25) is 10.0 Å². The first-order chi connectivity index (χ1) is 14.9. The maximum Gasteiger partial charge on any atom is 0.287 e. The molecule has 168 valence electrons. The number of carbonyl (C=O) groups excluding carboxylic acids is 1. The van der Waals surface area contributed by atoms with E-state index in [1.165, 1.54) is 10.4 Å². The topological polar surface area (TPSA) is 92.1 Å². The Bertz CT molecular complexity index is 1020. The fourth-order valence-electron chi connectivity index (χ4n) is 4.23. The molecule has 1 aromatic heterocycles. The number of carbonyl (C=O) groups is 1. The summed E-state index contributed by atoms with van der Waals surface area (Å²) in [6, 6.07) is 9.33. The fourth-order valence-corrected chi connectivity index (χ4v) is 5.91. The largest absolute Gasteiger partial charge is 0.497 e. The Morgan fingerprint density at radius 1 is 1.10 bits per heavy atom. The monoisotopic (exact) mass is 447 g/mol. The Morgan fingerprint density at radius 3 is 2.35 bits per heavy atom. The summed E-state index contributed by atoms with van der Waals surface area (Å²) in [6.45, 7) is 4.27. The molecule has 0 saturated carbocycles. The van der Waals surface area contributed by atoms with Crippen LogP contribution in [-0.2, 0) is 10.0 Å². The third-order valence-electron chi connectivity index (χ3n) is 6.05. The molecule has 31 heavy (non-hydrogen) atoms. The Labute approximate surface area is 183 Å². The van der Waals surface area contributed by atoms with Gasteiger partial charge in [-0.05, 0) is 56.9 Å². The van der Waals surface area contributed by atoms with Crippen molar-refractivity contribution in [2.24, 2.45) is 0 Å². The first kappa shape index (κ1) is 21.7. The van der Waals surface area contributed by atoms with E-state index in [-0.39, 0.29) is 28.4 Å². The second-order valence-electron chi connectivity index (χ2n) is 8.08. The molecule has 0 spiro atoms. The van der Waals surface area contributed by atoms with E-state index in [9.17, 15) is 13.2 Å². The van der Waals surface area contributed by atoms with E-state index in [0.717, 1.165) is 50.2 Å². The third-order valence-corrected chi connectivity index (χ3v) is 8.05. The van der Waals surface area contributed by atoms with Gasteiger partial charge in [0.1, 0.15) is 16.4 Å². The van der Waals surface area contributed by atoms with Gasteiger partial charge >= 0.3 is 0 Å². The molecule has 1 amide bonds. The number of furan rings is 1. The van der Waals surface area contributed by atoms with E-state index >= 15 is 0 Å². The van der Waals surface area contributed by atoms with Gasteiger partial charge in [-0.1, -0.05) is 0 Å². The number of amides is 1. The van der Waals surface area contributed by atoms with E-state index in [1.807, 2.05) is 24.3 Å².